The molecule has 1 atom stereocenters. The lowest BCUT2D eigenvalue weighted by molar-refractivity contribution is -0.122. The minimum atomic E-state index is -1.18. The zero-order valence-corrected chi connectivity index (χ0v) is 6.97. The third-order valence-corrected chi connectivity index (χ3v) is 1.68. The first kappa shape index (κ1) is 9.48. The molecule has 1 aromatic rings. The summed E-state index contributed by atoms with van der Waals surface area (Å²) in [5, 5.41) is 18.3. The quantitative estimate of drug-likeness (QED) is 0.683. The molecule has 68 valence electrons. The second-order valence-corrected chi connectivity index (χ2v) is 2.60. The molecular formula is C10H10O3. The first-order valence-electron chi connectivity index (χ1n) is 3.78. The predicted molar refractivity (Wildman–Crippen MR) is 48.3 cm³/mol. The molecule has 0 aromatic heterocycles. The van der Waals surface area contributed by atoms with E-state index in [2.05, 4.69) is 6.58 Å². The van der Waals surface area contributed by atoms with Gasteiger partial charge in [0.15, 0.2) is 5.78 Å². The van der Waals surface area contributed by atoms with Gasteiger partial charge in [0, 0.05) is 0 Å². The molecule has 0 fully saturated rings. The van der Waals surface area contributed by atoms with E-state index in [9.17, 15) is 9.90 Å². The van der Waals surface area contributed by atoms with Gasteiger partial charge < -0.3 is 10.2 Å². The number of carbonyl (C=O) groups excluding carboxylic acids is 1. The van der Waals surface area contributed by atoms with E-state index in [1.165, 1.54) is 24.3 Å². The monoisotopic (exact) mass is 178 g/mol. The number of phenolic OH excluding ortho intramolecular Hbond substituents is 1. The molecule has 13 heavy (non-hydrogen) atoms. The fourth-order valence-electron chi connectivity index (χ4n) is 0.933. The van der Waals surface area contributed by atoms with Gasteiger partial charge in [0.25, 0.3) is 0 Å². The Hall–Kier alpha value is -1.61. The maximum absolute atomic E-state index is 11.0. The third-order valence-electron chi connectivity index (χ3n) is 1.68. The van der Waals surface area contributed by atoms with Crippen LogP contribution in [-0.2, 0) is 4.79 Å². The standard InChI is InChI=1S/C10H10O3/c1-2-9(12)10(13)7-3-5-8(11)6-4-7/h2-6,10-11,13H,1H2. The average molecular weight is 178 g/mol. The summed E-state index contributed by atoms with van der Waals surface area (Å²) in [5.74, 6) is -0.354. The van der Waals surface area contributed by atoms with Gasteiger partial charge in [-0.05, 0) is 23.8 Å². The number of ketones is 1. The van der Waals surface area contributed by atoms with Crippen LogP contribution in [0.1, 0.15) is 11.7 Å². The lowest BCUT2D eigenvalue weighted by atomic mass is 10.1. The molecule has 0 amide bonds. The number of phenols is 1. The molecule has 0 radical (unpaired) electrons. The number of aliphatic hydroxyl groups excluding tert-OH is 1. The van der Waals surface area contributed by atoms with Crippen LogP contribution in [0.2, 0.25) is 0 Å². The molecule has 1 aromatic carbocycles. The van der Waals surface area contributed by atoms with E-state index in [0.29, 0.717) is 5.56 Å². The van der Waals surface area contributed by atoms with E-state index >= 15 is 0 Å². The van der Waals surface area contributed by atoms with E-state index in [-0.39, 0.29) is 5.75 Å². The van der Waals surface area contributed by atoms with Crippen molar-refractivity contribution in [2.75, 3.05) is 0 Å². The Morgan fingerprint density at radius 2 is 1.92 bits per heavy atom. The van der Waals surface area contributed by atoms with Crippen LogP contribution in [0.3, 0.4) is 0 Å². The van der Waals surface area contributed by atoms with Gasteiger partial charge in [0.05, 0.1) is 0 Å². The minimum absolute atomic E-state index is 0.0991. The summed E-state index contributed by atoms with van der Waals surface area (Å²) in [6, 6.07) is 5.80. The lowest BCUT2D eigenvalue weighted by Crippen LogP contribution is -2.08. The molecule has 0 aliphatic rings. The third kappa shape index (κ3) is 2.16. The Bertz CT molecular complexity index is 313. The Labute approximate surface area is 76.0 Å². The molecule has 1 unspecified atom stereocenters. The smallest absolute Gasteiger partial charge is 0.188 e. The highest BCUT2D eigenvalue weighted by molar-refractivity contribution is 5.93. The number of aromatic hydroxyl groups is 1. The van der Waals surface area contributed by atoms with Crippen molar-refractivity contribution in [1.29, 1.82) is 0 Å². The van der Waals surface area contributed by atoms with Gasteiger partial charge in [-0.15, -0.1) is 0 Å². The number of hydrogen-bond donors (Lipinski definition) is 2. The molecule has 0 aliphatic carbocycles. The van der Waals surface area contributed by atoms with E-state index in [4.69, 9.17) is 5.11 Å². The van der Waals surface area contributed by atoms with Crippen LogP contribution >= 0.6 is 0 Å². The Morgan fingerprint density at radius 1 is 1.38 bits per heavy atom. The maximum Gasteiger partial charge on any atom is 0.188 e. The largest absolute Gasteiger partial charge is 0.508 e. The van der Waals surface area contributed by atoms with E-state index in [0.717, 1.165) is 6.08 Å². The molecule has 0 heterocycles. The van der Waals surface area contributed by atoms with Crippen LogP contribution < -0.4 is 0 Å². The van der Waals surface area contributed by atoms with Crippen LogP contribution in [0.15, 0.2) is 36.9 Å². The maximum atomic E-state index is 11.0. The summed E-state index contributed by atoms with van der Waals surface area (Å²) >= 11 is 0. The zero-order chi connectivity index (χ0) is 9.84. The Morgan fingerprint density at radius 3 is 2.38 bits per heavy atom. The highest BCUT2D eigenvalue weighted by Gasteiger charge is 2.13. The van der Waals surface area contributed by atoms with Crippen molar-refractivity contribution in [3.8, 4) is 5.75 Å². The summed E-state index contributed by atoms with van der Waals surface area (Å²) < 4.78 is 0. The fourth-order valence-corrected chi connectivity index (χ4v) is 0.933. The Kier molecular flexibility index (Phi) is 2.82. The van der Waals surface area contributed by atoms with Crippen LogP contribution in [0.25, 0.3) is 0 Å². The number of benzene rings is 1. The molecule has 2 N–H and O–H groups in total. The average Bonchev–Trinajstić information content (AvgIpc) is 2.17. The van der Waals surface area contributed by atoms with Gasteiger partial charge in [-0.1, -0.05) is 18.7 Å². The summed E-state index contributed by atoms with van der Waals surface area (Å²) in [6.45, 7) is 3.27. The molecular weight excluding hydrogens is 168 g/mol. The van der Waals surface area contributed by atoms with E-state index in [1.54, 1.807) is 0 Å². The highest BCUT2D eigenvalue weighted by atomic mass is 16.3. The number of aliphatic hydroxyl groups is 1. The summed E-state index contributed by atoms with van der Waals surface area (Å²) in [6.07, 6.45) is -0.115. The van der Waals surface area contributed by atoms with Gasteiger partial charge in [-0.3, -0.25) is 4.79 Å². The molecule has 0 saturated carbocycles. The van der Waals surface area contributed by atoms with Gasteiger partial charge >= 0.3 is 0 Å². The van der Waals surface area contributed by atoms with Crippen molar-refractivity contribution in [3.05, 3.63) is 42.5 Å². The Balaban J connectivity index is 2.89. The number of rotatable bonds is 3. The summed E-state index contributed by atoms with van der Waals surface area (Å²) in [4.78, 5) is 11.0. The van der Waals surface area contributed by atoms with Crippen molar-refractivity contribution in [3.63, 3.8) is 0 Å². The molecule has 0 saturated heterocycles. The van der Waals surface area contributed by atoms with Crippen LogP contribution in [0.4, 0.5) is 0 Å². The van der Waals surface area contributed by atoms with Crippen molar-refractivity contribution in [1.82, 2.24) is 0 Å². The van der Waals surface area contributed by atoms with Crippen molar-refractivity contribution >= 4 is 5.78 Å². The van der Waals surface area contributed by atoms with Crippen molar-refractivity contribution in [2.24, 2.45) is 0 Å². The van der Waals surface area contributed by atoms with Gasteiger partial charge in [-0.2, -0.15) is 0 Å². The SMILES string of the molecule is C=CC(=O)C(O)c1ccc(O)cc1. The highest BCUT2D eigenvalue weighted by Crippen LogP contribution is 2.17. The van der Waals surface area contributed by atoms with Crippen LogP contribution in [0, 0.1) is 0 Å². The summed E-state index contributed by atoms with van der Waals surface area (Å²) in [5.41, 5.74) is 0.447. The predicted octanol–water partition coefficient (Wildman–Crippen LogP) is 1.18. The topological polar surface area (TPSA) is 57.5 Å². The van der Waals surface area contributed by atoms with Crippen molar-refractivity contribution in [2.45, 2.75) is 6.10 Å². The van der Waals surface area contributed by atoms with Crippen LogP contribution in [-0.4, -0.2) is 16.0 Å². The van der Waals surface area contributed by atoms with Gasteiger partial charge in [-0.25, -0.2) is 0 Å². The first-order chi connectivity index (χ1) is 6.15. The number of carbonyl (C=O) groups is 1. The van der Waals surface area contributed by atoms with Crippen molar-refractivity contribution < 1.29 is 15.0 Å². The molecule has 0 bridgehead atoms. The van der Waals surface area contributed by atoms with Gasteiger partial charge in [0.1, 0.15) is 11.9 Å². The molecule has 0 spiro atoms. The fraction of sp³-hybridized carbons (Fsp3) is 0.100. The first-order valence-corrected chi connectivity index (χ1v) is 3.78. The molecule has 1 rings (SSSR count). The van der Waals surface area contributed by atoms with E-state index in [1.807, 2.05) is 0 Å². The van der Waals surface area contributed by atoms with E-state index < -0.39 is 11.9 Å². The second kappa shape index (κ2) is 3.87. The molecule has 3 nitrogen and oxygen atoms in total. The zero-order valence-electron chi connectivity index (χ0n) is 6.97. The summed E-state index contributed by atoms with van der Waals surface area (Å²) in [7, 11) is 0. The second-order valence-electron chi connectivity index (χ2n) is 2.60. The van der Waals surface area contributed by atoms with Gasteiger partial charge in [0.2, 0.25) is 0 Å². The molecule has 0 aliphatic heterocycles. The lowest BCUT2D eigenvalue weighted by Gasteiger charge is -2.06. The normalized spacial score (nSPS) is 12.1. The van der Waals surface area contributed by atoms with Crippen LogP contribution in [0.5, 0.6) is 5.75 Å². The molecule has 3 heteroatoms. The number of hydrogen-bond acceptors (Lipinski definition) is 3. The minimum Gasteiger partial charge on any atom is -0.508 e.